The molecule has 0 atom stereocenters. The second kappa shape index (κ2) is 5.97. The van der Waals surface area contributed by atoms with E-state index in [9.17, 15) is 4.79 Å². The Balaban J connectivity index is 2.01. The van der Waals surface area contributed by atoms with E-state index in [2.05, 4.69) is 15.4 Å². The summed E-state index contributed by atoms with van der Waals surface area (Å²) in [5.74, 6) is 0.489. The summed E-state index contributed by atoms with van der Waals surface area (Å²) in [6.07, 6.45) is 2.06. The predicted molar refractivity (Wildman–Crippen MR) is 66.7 cm³/mol. The van der Waals surface area contributed by atoms with Crippen molar-refractivity contribution in [2.75, 3.05) is 19.6 Å². The first-order chi connectivity index (χ1) is 8.65. The number of primary amides is 1. The number of amides is 1. The molecule has 1 amide bonds. The predicted octanol–water partition coefficient (Wildman–Crippen LogP) is 0.0223. The van der Waals surface area contributed by atoms with Gasteiger partial charge in [0.2, 0.25) is 5.91 Å². The van der Waals surface area contributed by atoms with E-state index in [0.717, 1.165) is 37.4 Å². The average molecular weight is 252 g/mol. The molecule has 18 heavy (non-hydrogen) atoms. The van der Waals surface area contributed by atoms with Gasteiger partial charge in [-0.05, 0) is 32.9 Å². The zero-order chi connectivity index (χ0) is 13.0. The molecule has 100 valence electrons. The van der Waals surface area contributed by atoms with Gasteiger partial charge in [-0.1, -0.05) is 5.16 Å². The normalized spacial score (nSPS) is 17.2. The Labute approximate surface area is 106 Å². The number of aromatic nitrogens is 1. The van der Waals surface area contributed by atoms with E-state index in [1.165, 1.54) is 0 Å². The molecule has 1 aliphatic heterocycles. The number of carbonyl (C=O) groups excluding carboxylic acids is 1. The van der Waals surface area contributed by atoms with Crippen LogP contribution in [0.25, 0.3) is 0 Å². The van der Waals surface area contributed by atoms with Crippen molar-refractivity contribution in [1.82, 2.24) is 15.4 Å². The largest absolute Gasteiger partial charge is 0.369 e. The first-order valence-corrected chi connectivity index (χ1v) is 6.30. The molecule has 0 spiro atoms. The Morgan fingerprint density at radius 1 is 1.61 bits per heavy atom. The summed E-state index contributed by atoms with van der Waals surface area (Å²) >= 11 is 0. The van der Waals surface area contributed by atoms with Gasteiger partial charge < -0.3 is 15.6 Å². The van der Waals surface area contributed by atoms with Crippen LogP contribution in [0.4, 0.5) is 0 Å². The molecule has 1 aliphatic rings. The number of piperidine rings is 1. The summed E-state index contributed by atoms with van der Waals surface area (Å²) in [6, 6.07) is 2.28. The Bertz CT molecular complexity index is 399. The molecular formula is C12H20N4O2. The van der Waals surface area contributed by atoms with Gasteiger partial charge in [-0.25, -0.2) is 0 Å². The molecule has 0 bridgehead atoms. The molecule has 1 aromatic rings. The van der Waals surface area contributed by atoms with Gasteiger partial charge in [0.15, 0.2) is 0 Å². The molecule has 1 saturated heterocycles. The van der Waals surface area contributed by atoms with Crippen LogP contribution in [-0.2, 0) is 11.3 Å². The Hall–Kier alpha value is -1.40. The molecule has 0 aliphatic carbocycles. The number of nitrogens with zero attached hydrogens (tertiary/aromatic N) is 2. The van der Waals surface area contributed by atoms with Crippen LogP contribution < -0.4 is 11.1 Å². The maximum absolute atomic E-state index is 11.2. The maximum Gasteiger partial charge on any atom is 0.231 e. The average Bonchev–Trinajstić information content (AvgIpc) is 2.75. The minimum absolute atomic E-state index is 0.274. The minimum atomic E-state index is -0.297. The zero-order valence-corrected chi connectivity index (χ0v) is 10.7. The summed E-state index contributed by atoms with van der Waals surface area (Å²) in [4.78, 5) is 13.3. The van der Waals surface area contributed by atoms with Crippen LogP contribution in [0.2, 0.25) is 0 Å². The van der Waals surface area contributed by atoms with Crippen molar-refractivity contribution in [3.63, 3.8) is 0 Å². The van der Waals surface area contributed by atoms with E-state index in [4.69, 9.17) is 10.3 Å². The lowest BCUT2D eigenvalue weighted by atomic mass is 10.0. The molecule has 2 heterocycles. The fourth-order valence-corrected chi connectivity index (χ4v) is 2.39. The second-order valence-corrected chi connectivity index (χ2v) is 4.78. The van der Waals surface area contributed by atoms with Crippen LogP contribution in [-0.4, -0.2) is 41.6 Å². The van der Waals surface area contributed by atoms with Crippen LogP contribution in [0, 0.1) is 6.92 Å². The summed E-state index contributed by atoms with van der Waals surface area (Å²) in [7, 11) is 0. The van der Waals surface area contributed by atoms with E-state index in [0.29, 0.717) is 12.6 Å². The summed E-state index contributed by atoms with van der Waals surface area (Å²) < 4.78 is 5.05. The minimum Gasteiger partial charge on any atom is -0.369 e. The lowest BCUT2D eigenvalue weighted by Gasteiger charge is -2.33. The topological polar surface area (TPSA) is 84.4 Å². The van der Waals surface area contributed by atoms with Gasteiger partial charge in [0.1, 0.15) is 5.76 Å². The molecule has 1 fully saturated rings. The molecule has 6 heteroatoms. The van der Waals surface area contributed by atoms with E-state index in [-0.39, 0.29) is 12.5 Å². The number of nitrogens with two attached hydrogens (primary N) is 1. The molecular weight excluding hydrogens is 232 g/mol. The third kappa shape index (κ3) is 3.54. The summed E-state index contributed by atoms with van der Waals surface area (Å²) in [5.41, 5.74) is 6.17. The van der Waals surface area contributed by atoms with Crippen molar-refractivity contribution in [2.45, 2.75) is 32.4 Å². The molecule has 0 unspecified atom stereocenters. The van der Waals surface area contributed by atoms with Gasteiger partial charge >= 0.3 is 0 Å². The van der Waals surface area contributed by atoms with Crippen LogP contribution >= 0.6 is 0 Å². The number of hydrogen-bond donors (Lipinski definition) is 2. The molecule has 0 radical (unpaired) electrons. The van der Waals surface area contributed by atoms with E-state index in [1.807, 2.05) is 13.0 Å². The quantitative estimate of drug-likeness (QED) is 0.772. The molecule has 2 rings (SSSR count). The smallest absolute Gasteiger partial charge is 0.231 e. The van der Waals surface area contributed by atoms with Crippen molar-refractivity contribution in [3.8, 4) is 0 Å². The van der Waals surface area contributed by atoms with Crippen molar-refractivity contribution >= 4 is 5.91 Å². The molecule has 0 saturated carbocycles. The van der Waals surface area contributed by atoms with E-state index in [1.54, 1.807) is 0 Å². The number of nitrogens with one attached hydrogen (secondary N) is 1. The van der Waals surface area contributed by atoms with Gasteiger partial charge in [0, 0.05) is 18.7 Å². The third-order valence-electron chi connectivity index (χ3n) is 3.23. The van der Waals surface area contributed by atoms with Crippen molar-refractivity contribution < 1.29 is 9.32 Å². The molecule has 1 aromatic heterocycles. The van der Waals surface area contributed by atoms with Gasteiger partial charge in [-0.2, -0.15) is 0 Å². The van der Waals surface area contributed by atoms with Crippen LogP contribution in [0.1, 0.15) is 24.3 Å². The number of hydrogen-bond acceptors (Lipinski definition) is 5. The van der Waals surface area contributed by atoms with Crippen molar-refractivity contribution in [2.24, 2.45) is 5.73 Å². The highest BCUT2D eigenvalue weighted by molar-refractivity contribution is 5.75. The van der Waals surface area contributed by atoms with Gasteiger partial charge in [0.05, 0.1) is 12.2 Å². The number of carbonyl (C=O) groups is 1. The monoisotopic (exact) mass is 252 g/mol. The fourth-order valence-electron chi connectivity index (χ4n) is 2.39. The molecule has 0 aromatic carbocycles. The van der Waals surface area contributed by atoms with Crippen molar-refractivity contribution in [3.05, 3.63) is 17.5 Å². The second-order valence-electron chi connectivity index (χ2n) is 4.78. The Morgan fingerprint density at radius 3 is 2.89 bits per heavy atom. The summed E-state index contributed by atoms with van der Waals surface area (Å²) in [6.45, 7) is 4.72. The number of aryl methyl sites for hydroxylation is 1. The SMILES string of the molecule is Cc1cc(CN(CC(N)=O)C2CCNCC2)no1. The maximum atomic E-state index is 11.2. The Kier molecular flexibility index (Phi) is 4.33. The van der Waals surface area contributed by atoms with Crippen molar-refractivity contribution in [1.29, 1.82) is 0 Å². The first kappa shape index (κ1) is 13.0. The Morgan fingerprint density at radius 2 is 2.33 bits per heavy atom. The fraction of sp³-hybridized carbons (Fsp3) is 0.667. The van der Waals surface area contributed by atoms with E-state index < -0.39 is 0 Å². The standard InChI is InChI=1S/C12H20N4O2/c1-9-6-10(15-18-9)7-16(8-12(13)17)11-2-4-14-5-3-11/h6,11,14H,2-5,7-8H2,1H3,(H2,13,17). The van der Waals surface area contributed by atoms with Crippen LogP contribution in [0.15, 0.2) is 10.6 Å². The summed E-state index contributed by atoms with van der Waals surface area (Å²) in [5, 5.41) is 7.29. The first-order valence-electron chi connectivity index (χ1n) is 6.30. The van der Waals surface area contributed by atoms with Gasteiger partial charge in [-0.15, -0.1) is 0 Å². The number of rotatable bonds is 5. The lowest BCUT2D eigenvalue weighted by Crippen LogP contribution is -2.46. The zero-order valence-electron chi connectivity index (χ0n) is 10.7. The van der Waals surface area contributed by atoms with Crippen LogP contribution in [0.3, 0.4) is 0 Å². The highest BCUT2D eigenvalue weighted by atomic mass is 16.5. The van der Waals surface area contributed by atoms with Crippen LogP contribution in [0.5, 0.6) is 0 Å². The van der Waals surface area contributed by atoms with Gasteiger partial charge in [-0.3, -0.25) is 9.69 Å². The van der Waals surface area contributed by atoms with E-state index >= 15 is 0 Å². The van der Waals surface area contributed by atoms with Gasteiger partial charge in [0.25, 0.3) is 0 Å². The molecule has 6 nitrogen and oxygen atoms in total. The molecule has 3 N–H and O–H groups in total. The lowest BCUT2D eigenvalue weighted by molar-refractivity contribution is -0.120. The highest BCUT2D eigenvalue weighted by Gasteiger charge is 2.23. The third-order valence-corrected chi connectivity index (χ3v) is 3.23. The highest BCUT2D eigenvalue weighted by Crippen LogP contribution is 2.15.